The van der Waals surface area contributed by atoms with Crippen LogP contribution in [0.3, 0.4) is 0 Å². The molecule has 0 saturated heterocycles. The first-order valence-corrected chi connectivity index (χ1v) is 6.29. The molecule has 0 aromatic heterocycles. The van der Waals surface area contributed by atoms with Crippen LogP contribution in [-0.2, 0) is 6.42 Å². The van der Waals surface area contributed by atoms with Crippen LogP contribution in [0.25, 0.3) is 0 Å². The Kier molecular flexibility index (Phi) is 4.81. The van der Waals surface area contributed by atoms with E-state index in [9.17, 15) is 5.11 Å². The fourth-order valence-electron chi connectivity index (χ4n) is 1.82. The number of aliphatic hydroxyl groups is 1. The average molecular weight is 287 g/mol. The van der Waals surface area contributed by atoms with E-state index in [-0.39, 0.29) is 6.10 Å². The molecular formula is C13H19BrO2. The second-order valence-corrected chi connectivity index (χ2v) is 5.31. The van der Waals surface area contributed by atoms with Crippen molar-refractivity contribution in [2.45, 2.75) is 39.2 Å². The van der Waals surface area contributed by atoms with Crippen LogP contribution in [0, 0.1) is 0 Å². The van der Waals surface area contributed by atoms with Crippen LogP contribution in [0.5, 0.6) is 5.75 Å². The SMILES string of the molecule is COc1c(CC(C)O)cc(Br)cc1C(C)C. The lowest BCUT2D eigenvalue weighted by Crippen LogP contribution is -2.07. The van der Waals surface area contributed by atoms with Gasteiger partial charge in [0.1, 0.15) is 5.75 Å². The molecule has 1 atom stereocenters. The molecule has 1 aromatic rings. The van der Waals surface area contributed by atoms with Crippen LogP contribution < -0.4 is 4.74 Å². The van der Waals surface area contributed by atoms with Gasteiger partial charge in [-0.25, -0.2) is 0 Å². The zero-order valence-corrected chi connectivity index (χ0v) is 11.8. The lowest BCUT2D eigenvalue weighted by molar-refractivity contribution is 0.194. The summed E-state index contributed by atoms with van der Waals surface area (Å²) in [5, 5.41) is 9.48. The summed E-state index contributed by atoms with van der Waals surface area (Å²) in [5.41, 5.74) is 2.23. The van der Waals surface area contributed by atoms with Crippen LogP contribution in [0.15, 0.2) is 16.6 Å². The predicted molar refractivity (Wildman–Crippen MR) is 70.2 cm³/mol. The fourth-order valence-corrected chi connectivity index (χ4v) is 2.34. The molecule has 1 aromatic carbocycles. The highest BCUT2D eigenvalue weighted by Gasteiger charge is 2.14. The van der Waals surface area contributed by atoms with E-state index in [1.807, 2.05) is 6.07 Å². The van der Waals surface area contributed by atoms with Crippen molar-refractivity contribution < 1.29 is 9.84 Å². The van der Waals surface area contributed by atoms with Crippen molar-refractivity contribution in [3.8, 4) is 5.75 Å². The Balaban J connectivity index is 3.24. The number of aliphatic hydroxyl groups excluding tert-OH is 1. The topological polar surface area (TPSA) is 29.5 Å². The van der Waals surface area contributed by atoms with E-state index in [2.05, 4.69) is 35.8 Å². The summed E-state index contributed by atoms with van der Waals surface area (Å²) in [6, 6.07) is 4.09. The molecule has 2 nitrogen and oxygen atoms in total. The van der Waals surface area contributed by atoms with Crippen LogP contribution in [0.1, 0.15) is 37.8 Å². The molecule has 90 valence electrons. The van der Waals surface area contributed by atoms with E-state index in [0.717, 1.165) is 15.8 Å². The second kappa shape index (κ2) is 5.69. The maximum absolute atomic E-state index is 9.48. The van der Waals surface area contributed by atoms with Gasteiger partial charge in [-0.15, -0.1) is 0 Å². The van der Waals surface area contributed by atoms with E-state index in [1.165, 1.54) is 5.56 Å². The zero-order chi connectivity index (χ0) is 12.3. The Morgan fingerprint density at radius 2 is 1.94 bits per heavy atom. The normalized spacial score (nSPS) is 12.9. The number of hydrogen-bond acceptors (Lipinski definition) is 2. The van der Waals surface area contributed by atoms with Gasteiger partial charge in [-0.2, -0.15) is 0 Å². The molecule has 1 N–H and O–H groups in total. The minimum absolute atomic E-state index is 0.358. The summed E-state index contributed by atoms with van der Waals surface area (Å²) in [5.74, 6) is 1.30. The van der Waals surface area contributed by atoms with Crippen LogP contribution in [0.4, 0.5) is 0 Å². The van der Waals surface area contributed by atoms with Gasteiger partial charge in [0.05, 0.1) is 13.2 Å². The molecule has 0 spiro atoms. The van der Waals surface area contributed by atoms with Crippen LogP contribution >= 0.6 is 15.9 Å². The van der Waals surface area contributed by atoms with Gasteiger partial charge in [0.15, 0.2) is 0 Å². The second-order valence-electron chi connectivity index (χ2n) is 4.40. The highest BCUT2D eigenvalue weighted by molar-refractivity contribution is 9.10. The van der Waals surface area contributed by atoms with Crippen LogP contribution in [0.2, 0.25) is 0 Å². The van der Waals surface area contributed by atoms with Gasteiger partial charge in [0.2, 0.25) is 0 Å². The van der Waals surface area contributed by atoms with Gasteiger partial charge >= 0.3 is 0 Å². The summed E-state index contributed by atoms with van der Waals surface area (Å²) in [7, 11) is 1.68. The zero-order valence-electron chi connectivity index (χ0n) is 10.2. The Labute approximate surface area is 106 Å². The van der Waals surface area contributed by atoms with E-state index in [0.29, 0.717) is 12.3 Å². The maximum Gasteiger partial charge on any atom is 0.125 e. The van der Waals surface area contributed by atoms with Crippen molar-refractivity contribution >= 4 is 15.9 Å². The molecule has 0 fully saturated rings. The number of hydrogen-bond donors (Lipinski definition) is 1. The molecule has 3 heteroatoms. The van der Waals surface area contributed by atoms with Gasteiger partial charge in [-0.3, -0.25) is 0 Å². The molecule has 0 aliphatic carbocycles. The Bertz CT molecular complexity index is 359. The first-order chi connectivity index (χ1) is 7.45. The van der Waals surface area contributed by atoms with Gasteiger partial charge in [-0.1, -0.05) is 29.8 Å². The quantitative estimate of drug-likeness (QED) is 0.918. The number of ether oxygens (including phenoxy) is 1. The molecule has 0 radical (unpaired) electrons. The first kappa shape index (κ1) is 13.5. The minimum atomic E-state index is -0.358. The first-order valence-electron chi connectivity index (χ1n) is 5.50. The standard InChI is InChI=1S/C13H19BrO2/c1-8(2)12-7-11(14)6-10(5-9(3)15)13(12)16-4/h6-9,15H,5H2,1-4H3. The van der Waals surface area contributed by atoms with E-state index in [1.54, 1.807) is 14.0 Å². The summed E-state index contributed by atoms with van der Waals surface area (Å²) in [6.07, 6.45) is 0.255. The summed E-state index contributed by atoms with van der Waals surface area (Å²) >= 11 is 3.50. The summed E-state index contributed by atoms with van der Waals surface area (Å²) < 4.78 is 6.50. The molecule has 0 saturated carbocycles. The highest BCUT2D eigenvalue weighted by atomic mass is 79.9. The maximum atomic E-state index is 9.48. The Morgan fingerprint density at radius 3 is 2.38 bits per heavy atom. The number of benzene rings is 1. The largest absolute Gasteiger partial charge is 0.496 e. The third-order valence-electron chi connectivity index (χ3n) is 2.50. The summed E-state index contributed by atoms with van der Waals surface area (Å²) in [6.45, 7) is 6.06. The summed E-state index contributed by atoms with van der Waals surface area (Å²) in [4.78, 5) is 0. The van der Waals surface area contributed by atoms with Crippen LogP contribution in [-0.4, -0.2) is 18.3 Å². The van der Waals surface area contributed by atoms with Crippen molar-refractivity contribution in [1.82, 2.24) is 0 Å². The number of rotatable bonds is 4. The van der Waals surface area contributed by atoms with E-state index >= 15 is 0 Å². The molecular weight excluding hydrogens is 268 g/mol. The monoisotopic (exact) mass is 286 g/mol. The number of halogens is 1. The predicted octanol–water partition coefficient (Wildman–Crippen LogP) is 3.50. The number of methoxy groups -OCH3 is 1. The minimum Gasteiger partial charge on any atom is -0.496 e. The van der Waals surface area contributed by atoms with Gasteiger partial charge in [-0.05, 0) is 36.1 Å². The molecule has 1 rings (SSSR count). The van der Waals surface area contributed by atoms with Gasteiger partial charge in [0, 0.05) is 10.9 Å². The van der Waals surface area contributed by atoms with Gasteiger partial charge in [0.25, 0.3) is 0 Å². The van der Waals surface area contributed by atoms with Crippen molar-refractivity contribution in [2.75, 3.05) is 7.11 Å². The third-order valence-corrected chi connectivity index (χ3v) is 2.96. The Hall–Kier alpha value is -0.540. The molecule has 1 unspecified atom stereocenters. The molecule has 0 amide bonds. The molecule has 0 aliphatic heterocycles. The molecule has 0 aliphatic rings. The van der Waals surface area contributed by atoms with Crippen molar-refractivity contribution in [2.24, 2.45) is 0 Å². The van der Waals surface area contributed by atoms with Crippen molar-refractivity contribution in [3.63, 3.8) is 0 Å². The third kappa shape index (κ3) is 3.22. The molecule has 16 heavy (non-hydrogen) atoms. The average Bonchev–Trinajstić information content (AvgIpc) is 2.15. The fraction of sp³-hybridized carbons (Fsp3) is 0.538. The molecule has 0 bridgehead atoms. The van der Waals surface area contributed by atoms with E-state index < -0.39 is 0 Å². The molecule has 0 heterocycles. The lowest BCUT2D eigenvalue weighted by Gasteiger charge is -2.17. The van der Waals surface area contributed by atoms with Crippen molar-refractivity contribution in [1.29, 1.82) is 0 Å². The van der Waals surface area contributed by atoms with E-state index in [4.69, 9.17) is 4.74 Å². The van der Waals surface area contributed by atoms with Gasteiger partial charge < -0.3 is 9.84 Å². The smallest absolute Gasteiger partial charge is 0.125 e. The highest BCUT2D eigenvalue weighted by Crippen LogP contribution is 2.34. The van der Waals surface area contributed by atoms with Crippen molar-refractivity contribution in [3.05, 3.63) is 27.7 Å². The Morgan fingerprint density at radius 1 is 1.31 bits per heavy atom. The lowest BCUT2D eigenvalue weighted by atomic mass is 9.97.